The lowest BCUT2D eigenvalue weighted by Crippen LogP contribution is -2.52. The maximum atomic E-state index is 14.5. The zero-order valence-electron chi connectivity index (χ0n) is 10.6. The highest BCUT2D eigenvalue weighted by Gasteiger charge is 2.50. The molecule has 1 rings (SSSR count). The van der Waals surface area contributed by atoms with E-state index in [2.05, 4.69) is 4.99 Å². The number of hydrogen-bond acceptors (Lipinski definition) is 3. The third kappa shape index (κ3) is 2.54. The van der Waals surface area contributed by atoms with Gasteiger partial charge < -0.3 is 5.73 Å². The van der Waals surface area contributed by atoms with Gasteiger partial charge in [0.05, 0.1) is 0 Å². The van der Waals surface area contributed by atoms with Crippen LogP contribution in [-0.2, 0) is 0 Å². The fraction of sp³-hybridized carbons (Fsp3) is 0.583. The standard InChI is InChI=1S/C12H18F2N2S/c1-5-6-9(13)8(2)12(4)11(3,14)7-17-10(15)16-12/h5-6H,7H2,1-4H3,(H2,15,16). The Morgan fingerprint density at radius 1 is 1.53 bits per heavy atom. The molecule has 2 nitrogen and oxygen atoms in total. The molecule has 0 amide bonds. The minimum Gasteiger partial charge on any atom is -0.379 e. The first-order chi connectivity index (χ1) is 7.74. The molecular weight excluding hydrogens is 242 g/mol. The van der Waals surface area contributed by atoms with Crippen molar-refractivity contribution in [1.82, 2.24) is 0 Å². The topological polar surface area (TPSA) is 38.4 Å². The molecule has 0 spiro atoms. The molecule has 0 fully saturated rings. The van der Waals surface area contributed by atoms with Gasteiger partial charge in [-0.25, -0.2) is 13.8 Å². The summed E-state index contributed by atoms with van der Waals surface area (Å²) in [5.41, 5.74) is 3.03. The van der Waals surface area contributed by atoms with E-state index in [1.165, 1.54) is 13.0 Å². The summed E-state index contributed by atoms with van der Waals surface area (Å²) in [5, 5.41) is 0.301. The number of nitrogens with zero attached hydrogens (tertiary/aromatic N) is 1. The Balaban J connectivity index is 3.32. The Hall–Kier alpha value is -0.840. The van der Waals surface area contributed by atoms with Gasteiger partial charge in [-0.3, -0.25) is 0 Å². The van der Waals surface area contributed by atoms with Crippen molar-refractivity contribution in [2.24, 2.45) is 10.7 Å². The Morgan fingerprint density at radius 3 is 2.65 bits per heavy atom. The number of nitrogens with two attached hydrogens (primary N) is 1. The largest absolute Gasteiger partial charge is 0.379 e. The molecule has 2 N–H and O–H groups in total. The van der Waals surface area contributed by atoms with Gasteiger partial charge in [-0.1, -0.05) is 17.8 Å². The van der Waals surface area contributed by atoms with Gasteiger partial charge in [-0.05, 0) is 39.3 Å². The smallest absolute Gasteiger partial charge is 0.155 e. The summed E-state index contributed by atoms with van der Waals surface area (Å²) in [6.45, 7) is 6.28. The molecule has 0 bridgehead atoms. The van der Waals surface area contributed by atoms with E-state index in [0.29, 0.717) is 5.17 Å². The summed E-state index contributed by atoms with van der Waals surface area (Å²) in [4.78, 5) is 4.12. The highest BCUT2D eigenvalue weighted by atomic mass is 32.2. The second kappa shape index (κ2) is 4.80. The SMILES string of the molecule is CC=CC(F)=C(C)C1(C)N=C(N)SCC1(C)F. The predicted octanol–water partition coefficient (Wildman–Crippen LogP) is 3.35. The van der Waals surface area contributed by atoms with E-state index in [0.717, 1.165) is 11.8 Å². The number of rotatable bonds is 2. The van der Waals surface area contributed by atoms with Crippen LogP contribution < -0.4 is 5.73 Å². The van der Waals surface area contributed by atoms with E-state index in [4.69, 9.17) is 5.73 Å². The van der Waals surface area contributed by atoms with Gasteiger partial charge in [0.25, 0.3) is 0 Å². The van der Waals surface area contributed by atoms with Crippen LogP contribution in [0.25, 0.3) is 0 Å². The molecule has 0 aliphatic carbocycles. The monoisotopic (exact) mass is 260 g/mol. The predicted molar refractivity (Wildman–Crippen MR) is 70.6 cm³/mol. The van der Waals surface area contributed by atoms with Crippen LogP contribution in [0.2, 0.25) is 0 Å². The van der Waals surface area contributed by atoms with Crippen LogP contribution in [0.5, 0.6) is 0 Å². The highest BCUT2D eigenvalue weighted by Crippen LogP contribution is 2.43. The molecule has 0 aromatic heterocycles. The van der Waals surface area contributed by atoms with Gasteiger partial charge in [0.1, 0.15) is 17.0 Å². The first-order valence-electron chi connectivity index (χ1n) is 5.41. The lowest BCUT2D eigenvalue weighted by molar-refractivity contribution is 0.134. The fourth-order valence-corrected chi connectivity index (χ4v) is 2.65. The van der Waals surface area contributed by atoms with E-state index in [9.17, 15) is 8.78 Å². The summed E-state index contributed by atoms with van der Waals surface area (Å²) >= 11 is 1.16. The van der Waals surface area contributed by atoms with E-state index < -0.39 is 17.0 Å². The lowest BCUT2D eigenvalue weighted by atomic mass is 9.79. The van der Waals surface area contributed by atoms with Gasteiger partial charge in [0.2, 0.25) is 0 Å². The summed E-state index contributed by atoms with van der Waals surface area (Å²) in [5.74, 6) is -0.276. The van der Waals surface area contributed by atoms with Crippen LogP contribution in [0.1, 0.15) is 27.7 Å². The van der Waals surface area contributed by atoms with Crippen molar-refractivity contribution in [2.45, 2.75) is 38.9 Å². The summed E-state index contributed by atoms with van der Waals surface area (Å²) in [6, 6.07) is 0. The number of hydrogen-bond donors (Lipinski definition) is 1. The van der Waals surface area contributed by atoms with E-state index in [1.807, 2.05) is 0 Å². The maximum Gasteiger partial charge on any atom is 0.155 e. The van der Waals surface area contributed by atoms with Gasteiger partial charge >= 0.3 is 0 Å². The van der Waals surface area contributed by atoms with Crippen molar-refractivity contribution < 1.29 is 8.78 Å². The van der Waals surface area contributed by atoms with Crippen LogP contribution >= 0.6 is 11.8 Å². The molecule has 1 aliphatic heterocycles. The minimum atomic E-state index is -1.62. The van der Waals surface area contributed by atoms with E-state index >= 15 is 0 Å². The molecule has 0 aromatic rings. The van der Waals surface area contributed by atoms with Crippen LogP contribution in [-0.4, -0.2) is 22.1 Å². The normalized spacial score (nSPS) is 35.8. The third-order valence-electron chi connectivity index (χ3n) is 3.24. The number of allylic oxidation sites excluding steroid dienone is 3. The van der Waals surface area contributed by atoms with Crippen LogP contribution in [0.3, 0.4) is 0 Å². The van der Waals surface area contributed by atoms with Gasteiger partial charge in [-0.15, -0.1) is 0 Å². The zero-order chi connectivity index (χ0) is 13.3. The van der Waals surface area contributed by atoms with Crippen molar-refractivity contribution in [3.8, 4) is 0 Å². The van der Waals surface area contributed by atoms with Gasteiger partial charge in [-0.2, -0.15) is 0 Å². The van der Waals surface area contributed by atoms with Crippen molar-refractivity contribution in [1.29, 1.82) is 0 Å². The summed E-state index contributed by atoms with van der Waals surface area (Å²) < 4.78 is 28.3. The van der Waals surface area contributed by atoms with Crippen molar-refractivity contribution in [2.75, 3.05) is 5.75 Å². The Kier molecular flexibility index (Phi) is 4.02. The molecule has 2 atom stereocenters. The maximum absolute atomic E-state index is 14.5. The van der Waals surface area contributed by atoms with Crippen molar-refractivity contribution in [3.05, 3.63) is 23.6 Å². The number of halogens is 2. The lowest BCUT2D eigenvalue weighted by Gasteiger charge is -2.41. The molecule has 5 heteroatoms. The molecule has 0 saturated heterocycles. The Labute approximate surface area is 105 Å². The molecule has 0 aromatic carbocycles. The van der Waals surface area contributed by atoms with Crippen molar-refractivity contribution >= 4 is 16.9 Å². The molecule has 2 unspecified atom stereocenters. The molecule has 0 radical (unpaired) electrons. The van der Waals surface area contributed by atoms with Crippen LogP contribution in [0.4, 0.5) is 8.78 Å². The molecule has 17 heavy (non-hydrogen) atoms. The van der Waals surface area contributed by atoms with E-state index in [-0.39, 0.29) is 11.3 Å². The number of aliphatic imine (C=N–C) groups is 1. The second-order valence-corrected chi connectivity index (χ2v) is 5.48. The Bertz CT molecular complexity index is 399. The number of amidine groups is 1. The minimum absolute atomic E-state index is 0.180. The van der Waals surface area contributed by atoms with Crippen LogP contribution in [0.15, 0.2) is 28.5 Å². The molecule has 96 valence electrons. The average molecular weight is 260 g/mol. The molecule has 0 saturated carbocycles. The van der Waals surface area contributed by atoms with Crippen molar-refractivity contribution in [3.63, 3.8) is 0 Å². The first kappa shape index (κ1) is 14.2. The number of alkyl halides is 1. The molecular formula is C12H18F2N2S. The fourth-order valence-electron chi connectivity index (χ4n) is 1.70. The van der Waals surface area contributed by atoms with Gasteiger partial charge in [0, 0.05) is 5.75 Å². The summed E-state index contributed by atoms with van der Waals surface area (Å²) in [6.07, 6.45) is 2.88. The quantitative estimate of drug-likeness (QED) is 0.773. The van der Waals surface area contributed by atoms with E-state index in [1.54, 1.807) is 26.8 Å². The van der Waals surface area contributed by atoms with Crippen LogP contribution in [0, 0.1) is 0 Å². The Morgan fingerprint density at radius 2 is 2.12 bits per heavy atom. The second-order valence-electron chi connectivity index (χ2n) is 4.48. The molecule has 1 heterocycles. The first-order valence-corrected chi connectivity index (χ1v) is 6.40. The summed E-state index contributed by atoms with van der Waals surface area (Å²) in [7, 11) is 0. The zero-order valence-corrected chi connectivity index (χ0v) is 11.4. The average Bonchev–Trinajstić information content (AvgIpc) is 2.24. The third-order valence-corrected chi connectivity index (χ3v) is 4.31. The van der Waals surface area contributed by atoms with Gasteiger partial charge in [0.15, 0.2) is 5.17 Å². The molecule has 1 aliphatic rings. The highest BCUT2D eigenvalue weighted by molar-refractivity contribution is 8.13. The number of thioether (sulfide) groups is 1.